The molecular weight excluding hydrogens is 650 g/mol. The molecule has 2 aliphatic carbocycles. The van der Waals surface area contributed by atoms with Crippen LogP contribution in [0.1, 0.15) is 89.8 Å². The number of aromatic nitrogens is 2. The van der Waals surface area contributed by atoms with Crippen LogP contribution in [0.2, 0.25) is 5.02 Å². The largest absolute Gasteiger partial charge is 0.387 e. The highest BCUT2D eigenvalue weighted by atomic mass is 35.5. The number of hydrogen-bond donors (Lipinski definition) is 4. The number of hydrogen-bond acceptors (Lipinski definition) is 8. The number of aromatic amines is 1. The van der Waals surface area contributed by atoms with Crippen LogP contribution in [-0.4, -0.2) is 86.3 Å². The molecule has 3 heterocycles. The van der Waals surface area contributed by atoms with Crippen LogP contribution in [0.5, 0.6) is 0 Å². The Morgan fingerprint density at radius 1 is 1.14 bits per heavy atom. The smallest absolute Gasteiger partial charge is 0.289 e. The van der Waals surface area contributed by atoms with Crippen LogP contribution in [-0.2, 0) is 28.8 Å². The zero-order valence-corrected chi connectivity index (χ0v) is 29.0. The van der Waals surface area contributed by atoms with Crippen LogP contribution in [0.25, 0.3) is 0 Å². The van der Waals surface area contributed by atoms with Crippen molar-refractivity contribution in [1.82, 2.24) is 30.8 Å². The second-order valence-corrected chi connectivity index (χ2v) is 15.3. The maximum absolute atomic E-state index is 14.6. The molecule has 1 aromatic carbocycles. The van der Waals surface area contributed by atoms with Crippen molar-refractivity contribution in [2.45, 2.75) is 108 Å². The van der Waals surface area contributed by atoms with Crippen molar-refractivity contribution in [2.24, 2.45) is 16.5 Å². The average Bonchev–Trinajstić information content (AvgIpc) is 3.89. The first kappa shape index (κ1) is 34.6. The fourth-order valence-electron chi connectivity index (χ4n) is 6.77. The quantitative estimate of drug-likeness (QED) is 0.247. The number of Topliss-reactive ketones (excluding diaryl/α,β-unsaturated/α-hetero) is 1. The van der Waals surface area contributed by atoms with E-state index in [9.17, 15) is 24.0 Å². The molecule has 4 aliphatic rings. The molecule has 13 nitrogen and oxygen atoms in total. The first-order valence-corrected chi connectivity index (χ1v) is 17.4. The number of ketones is 1. The molecule has 14 heteroatoms. The molecule has 6 atom stereocenters. The fraction of sp³-hybridized carbons (Fsp3) is 0.571. The summed E-state index contributed by atoms with van der Waals surface area (Å²) in [5, 5.41) is 13.4. The lowest BCUT2D eigenvalue weighted by Gasteiger charge is -2.35. The average molecular weight is 694 g/mol. The summed E-state index contributed by atoms with van der Waals surface area (Å²) in [6.45, 7) is 7.45. The normalized spacial score (nSPS) is 25.6. The second kappa shape index (κ2) is 13.6. The number of likely N-dealkylation sites (tertiary alicyclic amines) is 1. The van der Waals surface area contributed by atoms with Crippen molar-refractivity contribution in [3.63, 3.8) is 0 Å². The monoisotopic (exact) mass is 693 g/mol. The van der Waals surface area contributed by atoms with Gasteiger partial charge in [0.1, 0.15) is 12.1 Å². The Kier molecular flexibility index (Phi) is 9.58. The molecule has 2 aliphatic heterocycles. The van der Waals surface area contributed by atoms with E-state index in [0.29, 0.717) is 30.0 Å². The molecule has 0 radical (unpaired) electrons. The molecule has 49 heavy (non-hydrogen) atoms. The van der Waals surface area contributed by atoms with Gasteiger partial charge in [-0.3, -0.25) is 24.0 Å². The van der Waals surface area contributed by atoms with Gasteiger partial charge in [0.25, 0.3) is 5.91 Å². The Morgan fingerprint density at radius 2 is 1.92 bits per heavy atom. The standard InChI is InChI=1S/C35H44ClN7O6/c1-5-7-24(28(44)32(47)39-21-10-11-21)40-31(46)27-15-35(14-25(42-49-35)19-8-6-9-20(36)12-19)17-43(27)33(48)29(34(2,3)4)41-30(45)23-13-22(23)26-16-37-18-38-26/h6,8-9,12,16,18,21-24,27,29H,5,7,10-11,13-15,17H2,1-4H3,(H,37,38)(H,39,47)(H,40,46)(H,41,45)/t22-,23-,24+,27+,29-,35-/m1/s1. The number of carbonyl (C=O) groups excluding carboxylic acids is 5. The Labute approximate surface area is 290 Å². The van der Waals surface area contributed by atoms with E-state index in [2.05, 4.69) is 31.1 Å². The lowest BCUT2D eigenvalue weighted by atomic mass is 9.85. The number of rotatable bonds is 12. The van der Waals surface area contributed by atoms with Gasteiger partial charge < -0.3 is 30.7 Å². The topological polar surface area (TPSA) is 175 Å². The third-order valence-electron chi connectivity index (χ3n) is 9.76. The molecule has 4 amide bonds. The van der Waals surface area contributed by atoms with Gasteiger partial charge in [0, 0.05) is 47.5 Å². The molecule has 0 bridgehead atoms. The van der Waals surface area contributed by atoms with E-state index in [1.807, 2.05) is 39.8 Å². The summed E-state index contributed by atoms with van der Waals surface area (Å²) in [5.74, 6) is -3.06. The lowest BCUT2D eigenvalue weighted by Crippen LogP contribution is -2.59. The number of imidazole rings is 1. The molecule has 0 unspecified atom stereocenters. The van der Waals surface area contributed by atoms with Crippen LogP contribution >= 0.6 is 11.6 Å². The second-order valence-electron chi connectivity index (χ2n) is 14.9. The minimum Gasteiger partial charge on any atom is -0.387 e. The van der Waals surface area contributed by atoms with Gasteiger partial charge in [-0.25, -0.2) is 4.98 Å². The highest BCUT2D eigenvalue weighted by Gasteiger charge is 2.56. The summed E-state index contributed by atoms with van der Waals surface area (Å²) < 4.78 is 0. The van der Waals surface area contributed by atoms with Gasteiger partial charge in [-0.15, -0.1) is 0 Å². The molecule has 2 saturated carbocycles. The predicted octanol–water partition coefficient (Wildman–Crippen LogP) is 2.99. The summed E-state index contributed by atoms with van der Waals surface area (Å²) >= 11 is 6.24. The molecule has 1 saturated heterocycles. The number of halogens is 1. The molecule has 262 valence electrons. The van der Waals surface area contributed by atoms with E-state index in [1.165, 1.54) is 4.90 Å². The van der Waals surface area contributed by atoms with E-state index in [-0.39, 0.29) is 43.2 Å². The van der Waals surface area contributed by atoms with Gasteiger partial charge in [0.2, 0.25) is 23.5 Å². The highest BCUT2D eigenvalue weighted by Crippen LogP contribution is 2.47. The van der Waals surface area contributed by atoms with Crippen molar-refractivity contribution in [2.75, 3.05) is 6.54 Å². The minimum atomic E-state index is -1.06. The molecule has 1 aromatic heterocycles. The Hall–Kier alpha value is -4.26. The van der Waals surface area contributed by atoms with Crippen molar-refractivity contribution >= 4 is 46.7 Å². The Balaban J connectivity index is 1.24. The van der Waals surface area contributed by atoms with E-state index in [1.54, 1.807) is 24.7 Å². The van der Waals surface area contributed by atoms with Crippen molar-refractivity contribution in [3.8, 4) is 0 Å². The van der Waals surface area contributed by atoms with Crippen molar-refractivity contribution < 1.29 is 28.8 Å². The lowest BCUT2D eigenvalue weighted by molar-refractivity contribution is -0.145. The van der Waals surface area contributed by atoms with Gasteiger partial charge in [0.05, 0.1) is 30.3 Å². The van der Waals surface area contributed by atoms with Gasteiger partial charge >= 0.3 is 0 Å². The summed E-state index contributed by atoms with van der Waals surface area (Å²) in [5.41, 5.74) is 0.442. The highest BCUT2D eigenvalue weighted by molar-refractivity contribution is 6.38. The Morgan fingerprint density at radius 3 is 2.57 bits per heavy atom. The first-order chi connectivity index (χ1) is 23.3. The van der Waals surface area contributed by atoms with E-state index in [0.717, 1.165) is 24.1 Å². The number of benzene rings is 1. The number of carbonyl (C=O) groups is 5. The van der Waals surface area contributed by atoms with Gasteiger partial charge in [-0.1, -0.05) is 63.0 Å². The Bertz CT molecular complexity index is 1650. The van der Waals surface area contributed by atoms with Crippen molar-refractivity contribution in [1.29, 1.82) is 0 Å². The number of H-pyrrole nitrogens is 1. The summed E-state index contributed by atoms with van der Waals surface area (Å²) in [6.07, 6.45) is 6.80. The van der Waals surface area contributed by atoms with Crippen LogP contribution in [0.3, 0.4) is 0 Å². The van der Waals surface area contributed by atoms with Gasteiger partial charge in [0.15, 0.2) is 5.60 Å². The zero-order valence-electron chi connectivity index (χ0n) is 28.3. The number of nitrogens with zero attached hydrogens (tertiary/aromatic N) is 3. The maximum atomic E-state index is 14.6. The van der Waals surface area contributed by atoms with Crippen LogP contribution in [0.15, 0.2) is 41.9 Å². The molecule has 2 aromatic rings. The van der Waals surface area contributed by atoms with Crippen molar-refractivity contribution in [3.05, 3.63) is 53.1 Å². The van der Waals surface area contributed by atoms with Crippen LogP contribution < -0.4 is 16.0 Å². The summed E-state index contributed by atoms with van der Waals surface area (Å²) in [4.78, 5) is 82.7. The number of nitrogens with one attached hydrogen (secondary N) is 4. The molecule has 3 fully saturated rings. The molecule has 1 spiro atoms. The third kappa shape index (κ3) is 7.66. The number of amides is 4. The predicted molar refractivity (Wildman–Crippen MR) is 180 cm³/mol. The van der Waals surface area contributed by atoms with E-state index in [4.69, 9.17) is 16.4 Å². The van der Waals surface area contributed by atoms with Crippen LogP contribution in [0.4, 0.5) is 0 Å². The summed E-state index contributed by atoms with van der Waals surface area (Å²) in [7, 11) is 0. The molecular formula is C35H44ClN7O6. The van der Waals surface area contributed by atoms with Gasteiger partial charge in [-0.05, 0) is 43.2 Å². The zero-order chi connectivity index (χ0) is 35.1. The van der Waals surface area contributed by atoms with E-state index < -0.39 is 52.6 Å². The third-order valence-corrected chi connectivity index (χ3v) is 9.99. The SMILES string of the molecule is CCC[C@H](NC(=O)[C@@H]1C[C@]2(CC(c3cccc(Cl)c3)=NO2)CN1C(=O)[C@@H](NC(=O)[C@@H]1C[C@H]1c1c[nH]cn1)C(C)(C)C)C(=O)C(=O)NC1CC1. The number of oxime groups is 1. The minimum absolute atomic E-state index is 0.0137. The fourth-order valence-corrected chi connectivity index (χ4v) is 6.96. The molecule has 6 rings (SSSR count). The maximum Gasteiger partial charge on any atom is 0.289 e. The van der Waals surface area contributed by atoms with Gasteiger partial charge in [-0.2, -0.15) is 0 Å². The van der Waals surface area contributed by atoms with Crippen LogP contribution in [0, 0.1) is 11.3 Å². The molecule has 4 N–H and O–H groups in total. The van der Waals surface area contributed by atoms with E-state index >= 15 is 0 Å². The summed E-state index contributed by atoms with van der Waals surface area (Å²) in [6, 6.07) is 4.10. The first-order valence-electron chi connectivity index (χ1n) is 17.0.